The molecule has 1 aromatic carbocycles. The summed E-state index contributed by atoms with van der Waals surface area (Å²) < 4.78 is 9.06. The molecule has 2 aliphatic heterocycles. The summed E-state index contributed by atoms with van der Waals surface area (Å²) in [5, 5.41) is 10.4. The van der Waals surface area contributed by atoms with Crippen molar-refractivity contribution in [3.63, 3.8) is 0 Å². The molecule has 0 radical (unpaired) electrons. The fourth-order valence-electron chi connectivity index (χ4n) is 4.27. The van der Waals surface area contributed by atoms with Crippen LogP contribution in [0.2, 0.25) is 0 Å². The van der Waals surface area contributed by atoms with Crippen molar-refractivity contribution in [3.8, 4) is 5.75 Å². The molecule has 1 aromatic rings. The van der Waals surface area contributed by atoms with Gasteiger partial charge in [-0.3, -0.25) is 9.69 Å². The highest BCUT2D eigenvalue weighted by Gasteiger charge is 2.66. The third kappa shape index (κ3) is 5.93. The molecule has 1 saturated heterocycles. The zero-order valence-electron chi connectivity index (χ0n) is 22.2. The van der Waals surface area contributed by atoms with Gasteiger partial charge in [-0.15, -0.1) is 11.8 Å². The van der Waals surface area contributed by atoms with Crippen LogP contribution in [-0.2, 0) is 29.9 Å². The molecule has 3 rings (SSSR count). The Hall–Kier alpha value is -1.45. The van der Waals surface area contributed by atoms with Crippen molar-refractivity contribution in [3.05, 3.63) is 40.1 Å². The fraction of sp³-hybridized carbons (Fsp3) is 0.577. The predicted octanol–water partition coefficient (Wildman–Crippen LogP) is 5.85. The lowest BCUT2D eigenvalue weighted by atomic mass is 9.78. The monoisotopic (exact) mass is 590 g/mol. The topological polar surface area (TPSA) is 88.4 Å². The number of ether oxygens (including phenoxy) is 2. The Morgan fingerprint density at radius 2 is 1.73 bits per heavy atom. The lowest BCUT2D eigenvalue weighted by Gasteiger charge is -2.53. The first-order valence-electron chi connectivity index (χ1n) is 11.7. The number of aliphatic imine (C=N–C) groups is 1. The van der Waals surface area contributed by atoms with E-state index in [9.17, 15) is 14.7 Å². The van der Waals surface area contributed by atoms with Gasteiger partial charge in [-0.2, -0.15) is 0 Å². The Kier molecular flexibility index (Phi) is 8.35. The molecule has 2 aliphatic rings. The number of thioether (sulfide) groups is 1. The minimum atomic E-state index is -1.77. The number of hydrogen-bond donors (Lipinski definition) is 1. The smallest absolute Gasteiger partial charge is 0.355 e. The molecule has 1 N–H and O–H groups in total. The van der Waals surface area contributed by atoms with E-state index in [0.29, 0.717) is 11.3 Å². The van der Waals surface area contributed by atoms with Gasteiger partial charge in [0.25, 0.3) is 11.6 Å². The third-order valence-corrected chi connectivity index (χ3v) is 8.00. The number of hydrogen-bond acceptors (Lipinski definition) is 7. The standard InChI is InChI=1S/C26H33Cl3N2O5S/c1-14-12-37-22-26(35-8,21(34)31(22)18(14)20(33)36-13-25(27,28)29)30-11-15-9-16(23(2,3)4)19(32)17(10-15)24(5,6)7/h9-11,22,32H,12-13H2,1-8H3/t22-,26+/m1/s1. The Morgan fingerprint density at radius 3 is 2.19 bits per heavy atom. The van der Waals surface area contributed by atoms with E-state index in [-0.39, 0.29) is 22.3 Å². The molecule has 37 heavy (non-hydrogen) atoms. The summed E-state index contributed by atoms with van der Waals surface area (Å²) in [6.07, 6.45) is 1.59. The molecule has 7 nitrogen and oxygen atoms in total. The largest absolute Gasteiger partial charge is 0.507 e. The zero-order valence-corrected chi connectivity index (χ0v) is 25.3. The SMILES string of the molecule is CO[C@@]1(N=Cc2cc(C(C)(C)C)c(O)c(C(C)(C)C)c2)C(=O)N2C(C(=O)OCC(Cl)(Cl)Cl)=C(C)CS[C@@H]21. The number of alkyl halides is 3. The molecule has 1 fully saturated rings. The zero-order chi connectivity index (χ0) is 28.1. The van der Waals surface area contributed by atoms with Gasteiger partial charge < -0.3 is 14.6 Å². The summed E-state index contributed by atoms with van der Waals surface area (Å²) in [6.45, 7) is 13.4. The van der Waals surface area contributed by atoms with E-state index >= 15 is 0 Å². The average molecular weight is 592 g/mol. The summed E-state index contributed by atoms with van der Waals surface area (Å²) in [7, 11) is 1.41. The molecule has 0 aliphatic carbocycles. The minimum Gasteiger partial charge on any atom is -0.507 e. The van der Waals surface area contributed by atoms with Crippen molar-refractivity contribution in [2.24, 2.45) is 4.99 Å². The molecule has 0 saturated carbocycles. The average Bonchev–Trinajstić information content (AvgIpc) is 2.76. The van der Waals surface area contributed by atoms with Crippen LogP contribution in [-0.4, -0.2) is 62.5 Å². The number of amides is 1. The molecule has 0 unspecified atom stereocenters. The molecule has 0 bridgehead atoms. The molecule has 204 valence electrons. The molecular weight excluding hydrogens is 559 g/mol. The van der Waals surface area contributed by atoms with Crippen LogP contribution in [0.3, 0.4) is 0 Å². The number of aromatic hydroxyl groups is 1. The van der Waals surface area contributed by atoms with Crippen LogP contribution < -0.4 is 0 Å². The van der Waals surface area contributed by atoms with Gasteiger partial charge in [0, 0.05) is 30.2 Å². The first-order valence-corrected chi connectivity index (χ1v) is 13.9. The van der Waals surface area contributed by atoms with Crippen LogP contribution in [0.5, 0.6) is 5.75 Å². The Bertz CT molecular complexity index is 1130. The normalized spacial score (nSPS) is 22.8. The van der Waals surface area contributed by atoms with Gasteiger partial charge in [-0.05, 0) is 41.0 Å². The van der Waals surface area contributed by atoms with Crippen molar-refractivity contribution < 1.29 is 24.2 Å². The van der Waals surface area contributed by atoms with Crippen molar-refractivity contribution in [1.82, 2.24) is 4.90 Å². The van der Waals surface area contributed by atoms with Gasteiger partial charge in [0.2, 0.25) is 3.79 Å². The van der Waals surface area contributed by atoms with Crippen LogP contribution in [0.25, 0.3) is 0 Å². The lowest BCUT2D eigenvalue weighted by Crippen LogP contribution is -2.73. The van der Waals surface area contributed by atoms with E-state index in [2.05, 4.69) is 4.99 Å². The number of rotatable bonds is 5. The maximum atomic E-state index is 13.5. The van der Waals surface area contributed by atoms with E-state index < -0.39 is 33.4 Å². The van der Waals surface area contributed by atoms with Gasteiger partial charge in [-0.1, -0.05) is 76.3 Å². The van der Waals surface area contributed by atoms with Crippen LogP contribution in [0.1, 0.15) is 65.2 Å². The Labute approximate surface area is 237 Å². The second-order valence-corrected chi connectivity index (χ2v) is 14.9. The third-order valence-electron chi connectivity index (χ3n) is 6.22. The number of β-lactam (4-membered cyclic amide) rings is 1. The molecule has 1 amide bonds. The molecule has 0 spiro atoms. The molecule has 2 atom stereocenters. The van der Waals surface area contributed by atoms with Crippen LogP contribution in [0, 0.1) is 0 Å². The minimum absolute atomic E-state index is 0.112. The second-order valence-electron chi connectivity index (χ2n) is 11.3. The number of phenols is 1. The first kappa shape index (κ1) is 30.1. The molecule has 2 heterocycles. The Morgan fingerprint density at radius 1 is 1.19 bits per heavy atom. The van der Waals surface area contributed by atoms with Crippen LogP contribution >= 0.6 is 46.6 Å². The van der Waals surface area contributed by atoms with Gasteiger partial charge in [0.1, 0.15) is 23.4 Å². The van der Waals surface area contributed by atoms with Crippen LogP contribution in [0.15, 0.2) is 28.4 Å². The summed E-state index contributed by atoms with van der Waals surface area (Å²) in [4.78, 5) is 32.2. The van der Waals surface area contributed by atoms with E-state index in [1.807, 2.05) is 53.7 Å². The van der Waals surface area contributed by atoms with Gasteiger partial charge >= 0.3 is 5.97 Å². The number of halogens is 3. The maximum Gasteiger partial charge on any atom is 0.355 e. The summed E-state index contributed by atoms with van der Waals surface area (Å²) >= 11 is 18.6. The van der Waals surface area contributed by atoms with E-state index in [1.54, 1.807) is 13.1 Å². The summed E-state index contributed by atoms with van der Waals surface area (Å²) in [5.41, 5.74) is 0.900. The molecule has 0 aromatic heterocycles. The lowest BCUT2D eigenvalue weighted by molar-refractivity contribution is -0.182. The number of benzene rings is 1. The van der Waals surface area contributed by atoms with Crippen LogP contribution in [0.4, 0.5) is 0 Å². The van der Waals surface area contributed by atoms with Crippen molar-refractivity contribution in [2.45, 2.75) is 74.2 Å². The molecular formula is C26H33Cl3N2O5S. The molecule has 11 heteroatoms. The highest BCUT2D eigenvalue weighted by atomic mass is 35.6. The van der Waals surface area contributed by atoms with Gasteiger partial charge in [0.15, 0.2) is 0 Å². The Balaban J connectivity index is 1.97. The van der Waals surface area contributed by atoms with Gasteiger partial charge in [-0.25, -0.2) is 9.79 Å². The first-order chi connectivity index (χ1) is 16.8. The maximum absolute atomic E-state index is 13.5. The number of nitrogens with zero attached hydrogens (tertiary/aromatic N) is 2. The van der Waals surface area contributed by atoms with Crippen molar-refractivity contribution >= 4 is 64.7 Å². The summed E-state index contributed by atoms with van der Waals surface area (Å²) in [6, 6.07) is 3.74. The van der Waals surface area contributed by atoms with Crippen molar-refractivity contribution in [1.29, 1.82) is 0 Å². The number of esters is 1. The number of fused-ring (bicyclic) bond motifs is 1. The quantitative estimate of drug-likeness (QED) is 0.200. The number of methoxy groups -OCH3 is 1. The second kappa shape index (κ2) is 10.3. The summed E-state index contributed by atoms with van der Waals surface area (Å²) in [5.74, 6) is -0.519. The highest BCUT2D eigenvalue weighted by Crippen LogP contribution is 2.49. The van der Waals surface area contributed by atoms with E-state index in [0.717, 1.165) is 16.7 Å². The number of phenolic OH excluding ortho intramolecular Hbond substituents is 1. The fourth-order valence-corrected chi connectivity index (χ4v) is 5.81. The van der Waals surface area contributed by atoms with Gasteiger partial charge in [0.05, 0.1) is 0 Å². The van der Waals surface area contributed by atoms with E-state index in [1.165, 1.54) is 23.8 Å². The number of carbonyl (C=O) groups excluding carboxylic acids is 2. The highest BCUT2D eigenvalue weighted by molar-refractivity contribution is 8.00. The predicted molar refractivity (Wildman–Crippen MR) is 150 cm³/mol. The van der Waals surface area contributed by atoms with Crippen molar-refractivity contribution in [2.75, 3.05) is 19.5 Å². The van der Waals surface area contributed by atoms with E-state index in [4.69, 9.17) is 44.3 Å². The number of carbonyl (C=O) groups is 2.